The van der Waals surface area contributed by atoms with Gasteiger partial charge in [0.05, 0.1) is 6.07 Å². The molecule has 0 saturated carbocycles. The standard InChI is InChI=1S/C17H34N4/c1-5-11-19-17(3,15-18)10-8-12-20(4)14-16-9-7-13-21(16)6-2/h16,19H,5-14H2,1-4H3. The molecule has 1 N–H and O–H groups in total. The van der Waals surface area contributed by atoms with E-state index < -0.39 is 0 Å². The van der Waals surface area contributed by atoms with Gasteiger partial charge >= 0.3 is 0 Å². The Balaban J connectivity index is 2.26. The fourth-order valence-corrected chi connectivity index (χ4v) is 3.26. The van der Waals surface area contributed by atoms with E-state index in [1.807, 2.05) is 6.92 Å². The number of hydrogen-bond donors (Lipinski definition) is 1. The first-order chi connectivity index (χ1) is 10.0. The molecule has 1 saturated heterocycles. The largest absolute Gasteiger partial charge is 0.305 e. The Morgan fingerprint density at radius 3 is 2.81 bits per heavy atom. The van der Waals surface area contributed by atoms with Gasteiger partial charge in [-0.2, -0.15) is 5.26 Å². The van der Waals surface area contributed by atoms with Crippen molar-refractivity contribution in [3.8, 4) is 6.07 Å². The van der Waals surface area contributed by atoms with Crippen molar-refractivity contribution in [2.75, 3.05) is 39.8 Å². The normalized spacial score (nSPS) is 22.4. The molecule has 1 heterocycles. The highest BCUT2D eigenvalue weighted by atomic mass is 15.2. The Kier molecular flexibility index (Phi) is 8.24. The van der Waals surface area contributed by atoms with Gasteiger partial charge in [0.15, 0.2) is 0 Å². The van der Waals surface area contributed by atoms with Gasteiger partial charge in [-0.3, -0.25) is 10.2 Å². The van der Waals surface area contributed by atoms with Crippen molar-refractivity contribution in [1.29, 1.82) is 5.26 Å². The molecular formula is C17H34N4. The van der Waals surface area contributed by atoms with Crippen LogP contribution in [-0.4, -0.2) is 61.2 Å². The van der Waals surface area contributed by atoms with Crippen LogP contribution >= 0.6 is 0 Å². The van der Waals surface area contributed by atoms with E-state index in [9.17, 15) is 5.26 Å². The minimum absolute atomic E-state index is 0.361. The summed E-state index contributed by atoms with van der Waals surface area (Å²) in [5, 5.41) is 12.7. The van der Waals surface area contributed by atoms with Gasteiger partial charge in [0.2, 0.25) is 0 Å². The van der Waals surface area contributed by atoms with Crippen molar-refractivity contribution in [3.05, 3.63) is 0 Å². The van der Waals surface area contributed by atoms with Crippen molar-refractivity contribution in [3.63, 3.8) is 0 Å². The lowest BCUT2D eigenvalue weighted by atomic mass is 9.97. The zero-order valence-corrected chi connectivity index (χ0v) is 14.5. The molecule has 0 radical (unpaired) electrons. The molecule has 0 aliphatic carbocycles. The monoisotopic (exact) mass is 294 g/mol. The van der Waals surface area contributed by atoms with Crippen LogP contribution in [-0.2, 0) is 0 Å². The highest BCUT2D eigenvalue weighted by Gasteiger charge is 2.25. The number of rotatable bonds is 10. The second kappa shape index (κ2) is 9.40. The number of likely N-dealkylation sites (N-methyl/N-ethyl adjacent to an activating group) is 2. The van der Waals surface area contributed by atoms with E-state index >= 15 is 0 Å². The first-order valence-corrected chi connectivity index (χ1v) is 8.63. The maximum atomic E-state index is 9.34. The molecule has 2 atom stereocenters. The molecule has 0 aromatic carbocycles. The van der Waals surface area contributed by atoms with E-state index in [0.29, 0.717) is 0 Å². The van der Waals surface area contributed by atoms with E-state index in [-0.39, 0.29) is 5.54 Å². The average molecular weight is 294 g/mol. The third kappa shape index (κ3) is 6.34. The van der Waals surface area contributed by atoms with Crippen LogP contribution in [0.2, 0.25) is 0 Å². The van der Waals surface area contributed by atoms with Gasteiger partial charge in [-0.1, -0.05) is 13.8 Å². The quantitative estimate of drug-likeness (QED) is 0.672. The van der Waals surface area contributed by atoms with Crippen LogP contribution in [0.5, 0.6) is 0 Å². The van der Waals surface area contributed by atoms with Crippen molar-refractivity contribution in [2.45, 2.75) is 64.5 Å². The van der Waals surface area contributed by atoms with Gasteiger partial charge in [-0.25, -0.2) is 0 Å². The molecule has 0 bridgehead atoms. The first-order valence-electron chi connectivity index (χ1n) is 8.63. The van der Waals surface area contributed by atoms with Gasteiger partial charge in [-0.05, 0) is 72.3 Å². The van der Waals surface area contributed by atoms with E-state index in [4.69, 9.17) is 0 Å². The highest BCUT2D eigenvalue weighted by molar-refractivity contribution is 5.03. The third-order valence-corrected chi connectivity index (χ3v) is 4.66. The fourth-order valence-electron chi connectivity index (χ4n) is 3.26. The molecular weight excluding hydrogens is 260 g/mol. The maximum Gasteiger partial charge on any atom is 0.103 e. The summed E-state index contributed by atoms with van der Waals surface area (Å²) in [4.78, 5) is 5.04. The number of nitriles is 1. The minimum Gasteiger partial charge on any atom is -0.305 e. The molecule has 2 unspecified atom stereocenters. The van der Waals surface area contributed by atoms with E-state index in [1.165, 1.54) is 32.5 Å². The molecule has 0 aromatic heterocycles. The van der Waals surface area contributed by atoms with Crippen LogP contribution in [0.25, 0.3) is 0 Å². The average Bonchev–Trinajstić information content (AvgIpc) is 2.92. The topological polar surface area (TPSA) is 42.3 Å². The first kappa shape index (κ1) is 18.4. The summed E-state index contributed by atoms with van der Waals surface area (Å²) in [7, 11) is 2.22. The van der Waals surface area contributed by atoms with Crippen LogP contribution in [0.4, 0.5) is 0 Å². The zero-order valence-electron chi connectivity index (χ0n) is 14.5. The predicted octanol–water partition coefficient (Wildman–Crippen LogP) is 2.46. The Morgan fingerprint density at radius 1 is 1.43 bits per heavy atom. The molecule has 0 aromatic rings. The number of nitrogens with zero attached hydrogens (tertiary/aromatic N) is 3. The van der Waals surface area contributed by atoms with Crippen LogP contribution in [0.1, 0.15) is 52.9 Å². The van der Waals surface area contributed by atoms with Gasteiger partial charge in [-0.15, -0.1) is 0 Å². The van der Waals surface area contributed by atoms with E-state index in [2.05, 4.69) is 42.1 Å². The number of likely N-dealkylation sites (tertiary alicyclic amines) is 1. The Morgan fingerprint density at radius 2 is 2.19 bits per heavy atom. The predicted molar refractivity (Wildman–Crippen MR) is 89.3 cm³/mol. The van der Waals surface area contributed by atoms with Crippen LogP contribution in [0.15, 0.2) is 0 Å². The Labute approximate surface area is 131 Å². The summed E-state index contributed by atoms with van der Waals surface area (Å²) in [6, 6.07) is 3.18. The molecule has 1 aliphatic heterocycles. The SMILES string of the molecule is CCCNC(C)(C#N)CCCN(C)CC1CCCN1CC. The highest BCUT2D eigenvalue weighted by Crippen LogP contribution is 2.18. The molecule has 1 fully saturated rings. The van der Waals surface area contributed by atoms with Crippen molar-refractivity contribution < 1.29 is 0 Å². The molecule has 1 rings (SSSR count). The van der Waals surface area contributed by atoms with E-state index in [1.54, 1.807) is 0 Å². The summed E-state index contributed by atoms with van der Waals surface area (Å²) >= 11 is 0. The second-order valence-electron chi connectivity index (χ2n) is 6.66. The van der Waals surface area contributed by atoms with E-state index in [0.717, 1.165) is 38.4 Å². The Bertz CT molecular complexity index is 325. The lowest BCUT2D eigenvalue weighted by Crippen LogP contribution is -2.42. The molecule has 0 spiro atoms. The maximum absolute atomic E-state index is 9.34. The number of hydrogen-bond acceptors (Lipinski definition) is 4. The van der Waals surface area contributed by atoms with Crippen molar-refractivity contribution >= 4 is 0 Å². The van der Waals surface area contributed by atoms with Gasteiger partial charge in [0.25, 0.3) is 0 Å². The summed E-state index contributed by atoms with van der Waals surface area (Å²) in [6.07, 6.45) is 5.77. The number of nitrogens with one attached hydrogen (secondary N) is 1. The van der Waals surface area contributed by atoms with Gasteiger partial charge in [0.1, 0.15) is 5.54 Å². The second-order valence-corrected chi connectivity index (χ2v) is 6.66. The van der Waals surface area contributed by atoms with Gasteiger partial charge in [0, 0.05) is 12.6 Å². The van der Waals surface area contributed by atoms with Crippen molar-refractivity contribution in [2.24, 2.45) is 0 Å². The molecule has 0 amide bonds. The minimum atomic E-state index is -0.361. The van der Waals surface area contributed by atoms with Crippen LogP contribution in [0.3, 0.4) is 0 Å². The molecule has 4 nitrogen and oxygen atoms in total. The molecule has 4 heteroatoms. The fraction of sp³-hybridized carbons (Fsp3) is 0.941. The van der Waals surface area contributed by atoms with Crippen LogP contribution in [0, 0.1) is 11.3 Å². The summed E-state index contributed by atoms with van der Waals surface area (Å²) in [5.74, 6) is 0. The smallest absolute Gasteiger partial charge is 0.103 e. The lowest BCUT2D eigenvalue weighted by molar-refractivity contribution is 0.194. The van der Waals surface area contributed by atoms with Crippen LogP contribution < -0.4 is 5.32 Å². The summed E-state index contributed by atoms with van der Waals surface area (Å²) in [5.41, 5.74) is -0.361. The zero-order chi connectivity index (χ0) is 15.7. The lowest BCUT2D eigenvalue weighted by Gasteiger charge is -2.29. The van der Waals surface area contributed by atoms with Crippen molar-refractivity contribution in [1.82, 2.24) is 15.1 Å². The van der Waals surface area contributed by atoms with Gasteiger partial charge < -0.3 is 4.90 Å². The molecule has 122 valence electrons. The summed E-state index contributed by atoms with van der Waals surface area (Å²) < 4.78 is 0. The molecule has 1 aliphatic rings. The Hall–Kier alpha value is -0.630. The molecule has 21 heavy (non-hydrogen) atoms. The third-order valence-electron chi connectivity index (χ3n) is 4.66. The summed E-state index contributed by atoms with van der Waals surface area (Å²) in [6.45, 7) is 12.0.